The summed E-state index contributed by atoms with van der Waals surface area (Å²) >= 11 is 0. The van der Waals surface area contributed by atoms with Crippen molar-refractivity contribution in [2.75, 3.05) is 24.5 Å². The van der Waals surface area contributed by atoms with Crippen molar-refractivity contribution in [2.45, 2.75) is 19.8 Å². The van der Waals surface area contributed by atoms with Crippen LogP contribution in [0.4, 0.5) is 10.5 Å². The number of imide groups is 1. The fourth-order valence-electron chi connectivity index (χ4n) is 3.00. The standard InChI is InChI=1S/C17H19N3O4/c1-11-8-13(19-6-2-3-7-19)5-4-12(11)9-14-16(23)20(10-15(21)22)17(24)18-14/h4-5,8-9H,2-3,6-7,10H2,1H3,(H,18,24)(H,21,22)/b14-9+. The Kier molecular flexibility index (Phi) is 4.24. The number of hydrogen-bond donors (Lipinski definition) is 2. The Morgan fingerprint density at radius 1 is 1.29 bits per heavy atom. The van der Waals surface area contributed by atoms with E-state index < -0.39 is 24.5 Å². The van der Waals surface area contributed by atoms with Crippen LogP contribution in [0.1, 0.15) is 24.0 Å². The van der Waals surface area contributed by atoms with Crippen LogP contribution in [0, 0.1) is 6.92 Å². The Labute approximate surface area is 139 Å². The van der Waals surface area contributed by atoms with E-state index >= 15 is 0 Å². The van der Waals surface area contributed by atoms with Gasteiger partial charge < -0.3 is 15.3 Å². The van der Waals surface area contributed by atoms with Crippen molar-refractivity contribution in [1.82, 2.24) is 10.2 Å². The van der Waals surface area contributed by atoms with Crippen LogP contribution in [0.5, 0.6) is 0 Å². The molecule has 126 valence electrons. The number of nitrogens with one attached hydrogen (secondary N) is 1. The Hall–Kier alpha value is -2.83. The molecule has 0 atom stereocenters. The minimum absolute atomic E-state index is 0.0956. The van der Waals surface area contributed by atoms with E-state index in [0.29, 0.717) is 4.90 Å². The first-order valence-electron chi connectivity index (χ1n) is 7.87. The number of nitrogens with zero attached hydrogens (tertiary/aromatic N) is 2. The number of benzene rings is 1. The molecule has 0 aliphatic carbocycles. The molecule has 0 aromatic heterocycles. The molecule has 0 spiro atoms. The fourth-order valence-corrected chi connectivity index (χ4v) is 3.00. The molecule has 1 aromatic carbocycles. The molecule has 3 amide bonds. The molecule has 2 heterocycles. The molecule has 3 rings (SSSR count). The van der Waals surface area contributed by atoms with E-state index in [1.165, 1.54) is 12.8 Å². The van der Waals surface area contributed by atoms with Gasteiger partial charge in [0, 0.05) is 18.8 Å². The highest BCUT2D eigenvalue weighted by atomic mass is 16.4. The van der Waals surface area contributed by atoms with E-state index in [4.69, 9.17) is 5.11 Å². The average Bonchev–Trinajstić information content (AvgIpc) is 3.14. The average molecular weight is 329 g/mol. The summed E-state index contributed by atoms with van der Waals surface area (Å²) in [4.78, 5) is 37.6. The third kappa shape index (κ3) is 3.10. The van der Waals surface area contributed by atoms with Crippen LogP contribution in [-0.4, -0.2) is 47.5 Å². The van der Waals surface area contributed by atoms with Crippen LogP contribution in [0.25, 0.3) is 6.08 Å². The second-order valence-corrected chi connectivity index (χ2v) is 6.01. The van der Waals surface area contributed by atoms with Crippen molar-refractivity contribution >= 4 is 29.7 Å². The molecule has 24 heavy (non-hydrogen) atoms. The lowest BCUT2D eigenvalue weighted by Gasteiger charge is -2.18. The van der Waals surface area contributed by atoms with Crippen LogP contribution in [-0.2, 0) is 9.59 Å². The van der Waals surface area contributed by atoms with E-state index in [9.17, 15) is 14.4 Å². The number of amides is 3. The number of rotatable bonds is 4. The Morgan fingerprint density at radius 3 is 2.62 bits per heavy atom. The third-order valence-corrected chi connectivity index (χ3v) is 4.28. The molecule has 0 bridgehead atoms. The van der Waals surface area contributed by atoms with Crippen molar-refractivity contribution in [2.24, 2.45) is 0 Å². The number of anilines is 1. The first kappa shape index (κ1) is 16.0. The number of aryl methyl sites for hydroxylation is 1. The van der Waals surface area contributed by atoms with Gasteiger partial charge in [0.1, 0.15) is 12.2 Å². The quantitative estimate of drug-likeness (QED) is 0.646. The molecule has 2 fully saturated rings. The highest BCUT2D eigenvalue weighted by Gasteiger charge is 2.34. The van der Waals surface area contributed by atoms with Crippen molar-refractivity contribution in [3.63, 3.8) is 0 Å². The van der Waals surface area contributed by atoms with Gasteiger partial charge in [-0.05, 0) is 49.1 Å². The zero-order valence-corrected chi connectivity index (χ0v) is 13.4. The largest absolute Gasteiger partial charge is 0.480 e. The molecule has 7 heteroatoms. The van der Waals surface area contributed by atoms with Crippen LogP contribution >= 0.6 is 0 Å². The first-order valence-corrected chi connectivity index (χ1v) is 7.87. The van der Waals surface area contributed by atoms with Crippen molar-refractivity contribution < 1.29 is 19.5 Å². The monoisotopic (exact) mass is 329 g/mol. The van der Waals surface area contributed by atoms with Crippen LogP contribution in [0.15, 0.2) is 23.9 Å². The number of aliphatic carboxylic acids is 1. The molecule has 0 saturated carbocycles. The number of carboxylic acids is 1. The summed E-state index contributed by atoms with van der Waals surface area (Å²) in [5.74, 6) is -1.85. The van der Waals surface area contributed by atoms with Crippen LogP contribution in [0.2, 0.25) is 0 Å². The van der Waals surface area contributed by atoms with Crippen molar-refractivity contribution in [3.8, 4) is 0 Å². The van der Waals surface area contributed by atoms with Gasteiger partial charge >= 0.3 is 12.0 Å². The molecule has 0 unspecified atom stereocenters. The lowest BCUT2D eigenvalue weighted by atomic mass is 10.1. The SMILES string of the molecule is Cc1cc(N2CCCC2)ccc1/C=C1/NC(=O)N(CC(=O)O)C1=O. The molecule has 2 N–H and O–H groups in total. The molecule has 2 aliphatic rings. The number of carbonyl (C=O) groups excluding carboxylic acids is 2. The highest BCUT2D eigenvalue weighted by molar-refractivity contribution is 6.15. The molecule has 2 saturated heterocycles. The van der Waals surface area contributed by atoms with Gasteiger partial charge in [-0.1, -0.05) is 6.07 Å². The maximum atomic E-state index is 12.1. The molecule has 7 nitrogen and oxygen atoms in total. The summed E-state index contributed by atoms with van der Waals surface area (Å²) in [7, 11) is 0. The zero-order chi connectivity index (χ0) is 17.3. The van der Waals surface area contributed by atoms with Gasteiger partial charge in [-0.2, -0.15) is 0 Å². The van der Waals surface area contributed by atoms with Gasteiger partial charge in [0.05, 0.1) is 0 Å². The molecular weight excluding hydrogens is 310 g/mol. The smallest absolute Gasteiger partial charge is 0.329 e. The van der Waals surface area contributed by atoms with E-state index in [0.717, 1.165) is 29.9 Å². The Bertz CT molecular complexity index is 735. The van der Waals surface area contributed by atoms with E-state index in [1.807, 2.05) is 19.1 Å². The summed E-state index contributed by atoms with van der Waals surface area (Å²) in [6, 6.07) is 5.27. The Balaban J connectivity index is 1.82. The van der Waals surface area contributed by atoms with Crippen LogP contribution < -0.4 is 10.2 Å². The number of urea groups is 1. The summed E-state index contributed by atoms with van der Waals surface area (Å²) in [6.07, 6.45) is 3.99. The molecule has 0 radical (unpaired) electrons. The maximum absolute atomic E-state index is 12.1. The topological polar surface area (TPSA) is 90.0 Å². The lowest BCUT2D eigenvalue weighted by molar-refractivity contribution is -0.140. The normalized spacial score (nSPS) is 19.3. The van der Waals surface area contributed by atoms with Gasteiger partial charge in [-0.25, -0.2) is 9.69 Å². The van der Waals surface area contributed by atoms with Crippen molar-refractivity contribution in [3.05, 3.63) is 35.0 Å². The lowest BCUT2D eigenvalue weighted by Crippen LogP contribution is -2.35. The fraction of sp³-hybridized carbons (Fsp3) is 0.353. The third-order valence-electron chi connectivity index (χ3n) is 4.28. The van der Waals surface area contributed by atoms with Crippen molar-refractivity contribution in [1.29, 1.82) is 0 Å². The number of hydrogen-bond acceptors (Lipinski definition) is 4. The first-order chi connectivity index (χ1) is 11.5. The zero-order valence-electron chi connectivity index (χ0n) is 13.4. The second-order valence-electron chi connectivity index (χ2n) is 6.01. The van der Waals surface area contributed by atoms with Gasteiger partial charge in [-0.3, -0.25) is 9.59 Å². The summed E-state index contributed by atoms with van der Waals surface area (Å²) < 4.78 is 0. The van der Waals surface area contributed by atoms with Gasteiger partial charge in [0.2, 0.25) is 0 Å². The number of carboxylic acid groups (broad SMARTS) is 1. The van der Waals surface area contributed by atoms with E-state index in [1.54, 1.807) is 6.08 Å². The van der Waals surface area contributed by atoms with Gasteiger partial charge in [0.15, 0.2) is 0 Å². The number of carbonyl (C=O) groups is 3. The van der Waals surface area contributed by atoms with Gasteiger partial charge in [0.25, 0.3) is 5.91 Å². The molecular formula is C17H19N3O4. The van der Waals surface area contributed by atoms with E-state index in [-0.39, 0.29) is 5.70 Å². The summed E-state index contributed by atoms with van der Waals surface area (Å²) in [6.45, 7) is 3.41. The Morgan fingerprint density at radius 2 is 2.00 bits per heavy atom. The minimum Gasteiger partial charge on any atom is -0.480 e. The second kappa shape index (κ2) is 6.35. The van der Waals surface area contributed by atoms with Crippen LogP contribution in [0.3, 0.4) is 0 Å². The molecule has 1 aromatic rings. The maximum Gasteiger partial charge on any atom is 0.329 e. The predicted octanol–water partition coefficient (Wildman–Crippen LogP) is 1.57. The van der Waals surface area contributed by atoms with Gasteiger partial charge in [-0.15, -0.1) is 0 Å². The van der Waals surface area contributed by atoms with E-state index in [2.05, 4.69) is 16.3 Å². The minimum atomic E-state index is -1.23. The summed E-state index contributed by atoms with van der Waals surface area (Å²) in [5.41, 5.74) is 3.06. The molecule has 2 aliphatic heterocycles. The predicted molar refractivity (Wildman–Crippen MR) is 88.5 cm³/mol. The summed E-state index contributed by atoms with van der Waals surface area (Å²) in [5, 5.41) is 11.2. The highest BCUT2D eigenvalue weighted by Crippen LogP contribution is 2.24.